The molecule has 0 bridgehead atoms. The second-order valence-electron chi connectivity index (χ2n) is 4.68. The number of anilines is 1. The quantitative estimate of drug-likeness (QED) is 0.778. The first-order valence-electron chi connectivity index (χ1n) is 6.40. The van der Waals surface area contributed by atoms with Crippen molar-refractivity contribution < 1.29 is 9.84 Å². The molecule has 0 saturated heterocycles. The van der Waals surface area contributed by atoms with Crippen LogP contribution < -0.4 is 4.90 Å². The second kappa shape index (κ2) is 7.62. The number of ether oxygens (including phenoxy) is 1. The largest absolute Gasteiger partial charge is 0.395 e. The fraction of sp³-hybridized carbons (Fsp3) is 0.692. The third kappa shape index (κ3) is 4.30. The molecule has 1 heterocycles. The zero-order valence-electron chi connectivity index (χ0n) is 12.0. The van der Waals surface area contributed by atoms with Crippen LogP contribution in [0.2, 0.25) is 5.15 Å². The van der Waals surface area contributed by atoms with Crippen molar-refractivity contribution >= 4 is 17.4 Å². The lowest BCUT2D eigenvalue weighted by Gasteiger charge is -2.25. The number of hydrogen-bond acceptors (Lipinski definition) is 5. The molecule has 0 amide bonds. The van der Waals surface area contributed by atoms with E-state index in [-0.39, 0.29) is 12.5 Å². The Balaban J connectivity index is 3.12. The first-order valence-corrected chi connectivity index (χ1v) is 6.77. The molecule has 19 heavy (non-hydrogen) atoms. The molecule has 0 spiro atoms. The van der Waals surface area contributed by atoms with E-state index in [4.69, 9.17) is 16.3 Å². The molecule has 0 saturated carbocycles. The standard InChI is InChI=1S/C13H22ClN3O2/c1-9(2)12-15-11(14)10(3)13(16-12)17(5-7-18)6-8-19-4/h9,18H,5-8H2,1-4H3. The topological polar surface area (TPSA) is 58.5 Å². The van der Waals surface area contributed by atoms with Gasteiger partial charge in [0.25, 0.3) is 0 Å². The summed E-state index contributed by atoms with van der Waals surface area (Å²) in [6, 6.07) is 0. The van der Waals surface area contributed by atoms with Gasteiger partial charge < -0.3 is 14.7 Å². The highest BCUT2D eigenvalue weighted by Crippen LogP contribution is 2.25. The van der Waals surface area contributed by atoms with E-state index in [1.807, 2.05) is 25.7 Å². The van der Waals surface area contributed by atoms with Gasteiger partial charge in [-0.3, -0.25) is 0 Å². The van der Waals surface area contributed by atoms with E-state index >= 15 is 0 Å². The molecule has 0 radical (unpaired) electrons. The number of methoxy groups -OCH3 is 1. The van der Waals surface area contributed by atoms with Crippen molar-refractivity contribution in [2.24, 2.45) is 0 Å². The van der Waals surface area contributed by atoms with Crippen molar-refractivity contribution in [3.8, 4) is 0 Å². The van der Waals surface area contributed by atoms with Crippen LogP contribution in [0.15, 0.2) is 0 Å². The summed E-state index contributed by atoms with van der Waals surface area (Å²) in [7, 11) is 1.65. The number of rotatable bonds is 7. The lowest BCUT2D eigenvalue weighted by Crippen LogP contribution is -2.32. The minimum Gasteiger partial charge on any atom is -0.395 e. The van der Waals surface area contributed by atoms with Crippen molar-refractivity contribution in [1.82, 2.24) is 9.97 Å². The molecule has 1 rings (SSSR count). The van der Waals surface area contributed by atoms with Gasteiger partial charge in [-0.1, -0.05) is 25.4 Å². The van der Waals surface area contributed by atoms with Gasteiger partial charge in [0, 0.05) is 31.7 Å². The molecule has 0 atom stereocenters. The third-order valence-corrected chi connectivity index (χ3v) is 3.20. The minimum absolute atomic E-state index is 0.0573. The number of aromatic nitrogens is 2. The summed E-state index contributed by atoms with van der Waals surface area (Å²) in [5, 5.41) is 9.64. The Hall–Kier alpha value is -0.910. The summed E-state index contributed by atoms with van der Waals surface area (Å²) in [5.74, 6) is 1.69. The van der Waals surface area contributed by atoms with Crippen LogP contribution in [0.3, 0.4) is 0 Å². The van der Waals surface area contributed by atoms with Gasteiger partial charge in [-0.05, 0) is 6.92 Å². The SMILES string of the molecule is COCCN(CCO)c1nc(C(C)C)nc(Cl)c1C. The average Bonchev–Trinajstić information content (AvgIpc) is 2.37. The molecule has 0 aliphatic rings. The van der Waals surface area contributed by atoms with E-state index in [1.165, 1.54) is 0 Å². The van der Waals surface area contributed by atoms with Crippen molar-refractivity contribution in [1.29, 1.82) is 0 Å². The molecule has 1 aromatic heterocycles. The molecule has 108 valence electrons. The van der Waals surface area contributed by atoms with Gasteiger partial charge in [0.15, 0.2) is 0 Å². The summed E-state index contributed by atoms with van der Waals surface area (Å²) < 4.78 is 5.09. The van der Waals surface area contributed by atoms with Crippen molar-refractivity contribution in [2.75, 3.05) is 38.3 Å². The van der Waals surface area contributed by atoms with Gasteiger partial charge in [0.1, 0.15) is 16.8 Å². The Morgan fingerprint density at radius 2 is 2.00 bits per heavy atom. The maximum absolute atomic E-state index is 9.18. The first-order chi connectivity index (χ1) is 9.01. The average molecular weight is 288 g/mol. The van der Waals surface area contributed by atoms with Crippen LogP contribution in [0, 0.1) is 6.92 Å². The van der Waals surface area contributed by atoms with Crippen LogP contribution in [0.1, 0.15) is 31.2 Å². The Bertz CT molecular complexity index is 413. The molecule has 0 aliphatic heterocycles. The van der Waals surface area contributed by atoms with Crippen LogP contribution in [0.5, 0.6) is 0 Å². The van der Waals surface area contributed by atoms with Crippen molar-refractivity contribution in [3.05, 3.63) is 16.5 Å². The highest BCUT2D eigenvalue weighted by atomic mass is 35.5. The fourth-order valence-corrected chi connectivity index (χ4v) is 1.88. The first kappa shape index (κ1) is 16.1. The Morgan fingerprint density at radius 1 is 1.32 bits per heavy atom. The van der Waals surface area contributed by atoms with Crippen LogP contribution in [-0.2, 0) is 4.74 Å². The van der Waals surface area contributed by atoms with Gasteiger partial charge in [-0.2, -0.15) is 0 Å². The zero-order valence-corrected chi connectivity index (χ0v) is 12.7. The molecule has 5 nitrogen and oxygen atoms in total. The lowest BCUT2D eigenvalue weighted by molar-refractivity contribution is 0.202. The van der Waals surface area contributed by atoms with Crippen molar-refractivity contribution in [2.45, 2.75) is 26.7 Å². The van der Waals surface area contributed by atoms with Gasteiger partial charge in [-0.15, -0.1) is 0 Å². The summed E-state index contributed by atoms with van der Waals surface area (Å²) >= 11 is 6.17. The summed E-state index contributed by atoms with van der Waals surface area (Å²) in [6.45, 7) is 7.71. The van der Waals surface area contributed by atoms with Crippen LogP contribution >= 0.6 is 11.6 Å². The minimum atomic E-state index is 0.0573. The predicted octanol–water partition coefficient (Wildman–Crippen LogP) is 2.01. The molecular weight excluding hydrogens is 266 g/mol. The Morgan fingerprint density at radius 3 is 2.53 bits per heavy atom. The number of aliphatic hydroxyl groups is 1. The molecule has 1 aromatic rings. The van der Waals surface area contributed by atoms with Gasteiger partial charge >= 0.3 is 0 Å². The van der Waals surface area contributed by atoms with E-state index in [1.54, 1.807) is 7.11 Å². The van der Waals surface area contributed by atoms with Gasteiger partial charge in [0.2, 0.25) is 0 Å². The van der Waals surface area contributed by atoms with Crippen LogP contribution in [0.4, 0.5) is 5.82 Å². The highest BCUT2D eigenvalue weighted by Gasteiger charge is 2.16. The number of hydrogen-bond donors (Lipinski definition) is 1. The monoisotopic (exact) mass is 287 g/mol. The van der Waals surface area contributed by atoms with E-state index in [0.29, 0.717) is 30.7 Å². The molecule has 0 fully saturated rings. The normalized spacial score (nSPS) is 11.1. The molecule has 0 unspecified atom stereocenters. The highest BCUT2D eigenvalue weighted by molar-refractivity contribution is 6.30. The fourth-order valence-electron chi connectivity index (χ4n) is 1.71. The molecular formula is C13H22ClN3O2. The Labute approximate surface area is 119 Å². The molecule has 0 aliphatic carbocycles. The predicted molar refractivity (Wildman–Crippen MR) is 77.0 cm³/mol. The second-order valence-corrected chi connectivity index (χ2v) is 5.04. The van der Waals surface area contributed by atoms with E-state index in [0.717, 1.165) is 11.4 Å². The summed E-state index contributed by atoms with van der Waals surface area (Å²) in [6.07, 6.45) is 0. The molecule has 0 aromatic carbocycles. The Kier molecular flexibility index (Phi) is 6.48. The zero-order chi connectivity index (χ0) is 14.4. The lowest BCUT2D eigenvalue weighted by atomic mass is 10.2. The smallest absolute Gasteiger partial charge is 0.137 e. The molecule has 6 heteroatoms. The summed E-state index contributed by atoms with van der Waals surface area (Å²) in [4.78, 5) is 10.8. The third-order valence-electron chi connectivity index (χ3n) is 2.83. The maximum Gasteiger partial charge on any atom is 0.137 e. The van der Waals surface area contributed by atoms with Crippen LogP contribution in [0.25, 0.3) is 0 Å². The van der Waals surface area contributed by atoms with E-state index in [2.05, 4.69) is 9.97 Å². The number of nitrogens with zero attached hydrogens (tertiary/aromatic N) is 3. The van der Waals surface area contributed by atoms with Gasteiger partial charge in [0.05, 0.1) is 13.2 Å². The number of halogens is 1. The summed E-state index contributed by atoms with van der Waals surface area (Å²) in [5.41, 5.74) is 0.829. The maximum atomic E-state index is 9.18. The molecule has 1 N–H and O–H groups in total. The van der Waals surface area contributed by atoms with E-state index in [9.17, 15) is 5.11 Å². The van der Waals surface area contributed by atoms with Crippen molar-refractivity contribution in [3.63, 3.8) is 0 Å². The van der Waals surface area contributed by atoms with Crippen LogP contribution in [-0.4, -0.2) is 48.5 Å². The van der Waals surface area contributed by atoms with Gasteiger partial charge in [-0.25, -0.2) is 9.97 Å². The van der Waals surface area contributed by atoms with E-state index < -0.39 is 0 Å². The number of aliphatic hydroxyl groups excluding tert-OH is 1.